The monoisotopic (exact) mass is 270 g/mol. The summed E-state index contributed by atoms with van der Waals surface area (Å²) in [5, 5.41) is 2.64. The Hall–Kier alpha value is -2.49. The minimum absolute atomic E-state index is 0.0768. The maximum atomic E-state index is 11.8. The molecule has 2 rings (SSSR count). The smallest absolute Gasteiger partial charge is 0.247 e. The van der Waals surface area contributed by atoms with Gasteiger partial charge in [-0.2, -0.15) is 0 Å². The van der Waals surface area contributed by atoms with E-state index < -0.39 is 0 Å². The number of carbonyl (C=O) groups excluding carboxylic acids is 1. The van der Waals surface area contributed by atoms with Gasteiger partial charge in [-0.25, -0.2) is 0 Å². The van der Waals surface area contributed by atoms with Crippen LogP contribution >= 0.6 is 0 Å². The maximum Gasteiger partial charge on any atom is 0.247 e. The first-order valence-corrected chi connectivity index (χ1v) is 6.52. The average molecular weight is 270 g/mol. The zero-order chi connectivity index (χ0) is 14.4. The van der Waals surface area contributed by atoms with Crippen LogP contribution in [0.1, 0.15) is 12.8 Å². The first-order valence-electron chi connectivity index (χ1n) is 6.52. The van der Waals surface area contributed by atoms with Gasteiger partial charge >= 0.3 is 0 Å². The molecule has 1 aliphatic carbocycles. The van der Waals surface area contributed by atoms with Gasteiger partial charge in [0, 0.05) is 18.3 Å². The minimum Gasteiger partial charge on any atom is -0.457 e. The summed E-state index contributed by atoms with van der Waals surface area (Å²) in [6.45, 7) is 0. The summed E-state index contributed by atoms with van der Waals surface area (Å²) in [7, 11) is 1.63. The quantitative estimate of drug-likeness (QED) is 0.830. The predicted octanol–water partition coefficient (Wildman–Crippen LogP) is 2.55. The molecule has 1 aromatic rings. The SMILES string of the molecule is CNC(=O)C1=CC(Oc2ccc(N)cc2)=CC=CCC1. The standard InChI is InChI=1S/C16H18N2O2/c1-18-16(19)12-5-3-2-4-6-15(11-12)20-14-9-7-13(17)8-10-14/h2,4,6-11H,3,5,17H2,1H3,(H,18,19). The van der Waals surface area contributed by atoms with Gasteiger partial charge in [-0.3, -0.25) is 4.79 Å². The van der Waals surface area contributed by atoms with Gasteiger partial charge in [0.1, 0.15) is 11.5 Å². The molecule has 0 aromatic heterocycles. The molecule has 0 unspecified atom stereocenters. The van der Waals surface area contributed by atoms with E-state index in [2.05, 4.69) is 5.32 Å². The van der Waals surface area contributed by atoms with Crippen molar-refractivity contribution < 1.29 is 9.53 Å². The summed E-state index contributed by atoms with van der Waals surface area (Å²) >= 11 is 0. The summed E-state index contributed by atoms with van der Waals surface area (Å²) in [4.78, 5) is 11.8. The van der Waals surface area contributed by atoms with E-state index in [1.54, 1.807) is 37.4 Å². The Morgan fingerprint density at radius 2 is 2.05 bits per heavy atom. The second-order valence-corrected chi connectivity index (χ2v) is 4.46. The maximum absolute atomic E-state index is 11.8. The molecule has 0 bridgehead atoms. The summed E-state index contributed by atoms with van der Waals surface area (Å²) in [6, 6.07) is 7.15. The van der Waals surface area contributed by atoms with E-state index in [9.17, 15) is 4.79 Å². The van der Waals surface area contributed by atoms with E-state index in [-0.39, 0.29) is 5.91 Å². The number of benzene rings is 1. The Balaban J connectivity index is 2.22. The number of rotatable bonds is 3. The lowest BCUT2D eigenvalue weighted by molar-refractivity contribution is -0.117. The van der Waals surface area contributed by atoms with E-state index >= 15 is 0 Å². The van der Waals surface area contributed by atoms with Gasteiger partial charge in [-0.1, -0.05) is 12.2 Å². The lowest BCUT2D eigenvalue weighted by Gasteiger charge is -2.11. The molecule has 0 aliphatic heterocycles. The molecule has 3 N–H and O–H groups in total. The summed E-state index contributed by atoms with van der Waals surface area (Å²) < 4.78 is 5.77. The van der Waals surface area contributed by atoms with Gasteiger partial charge in [0.25, 0.3) is 0 Å². The molecule has 4 heteroatoms. The van der Waals surface area contributed by atoms with Gasteiger partial charge in [-0.05, 0) is 49.3 Å². The number of hydrogen-bond donors (Lipinski definition) is 2. The van der Waals surface area contributed by atoms with Crippen molar-refractivity contribution in [2.45, 2.75) is 12.8 Å². The number of carbonyl (C=O) groups is 1. The van der Waals surface area contributed by atoms with Gasteiger partial charge in [0.2, 0.25) is 5.91 Å². The number of nitrogens with one attached hydrogen (secondary N) is 1. The molecule has 4 nitrogen and oxygen atoms in total. The van der Waals surface area contributed by atoms with Crippen molar-refractivity contribution in [3.8, 4) is 5.75 Å². The molecule has 20 heavy (non-hydrogen) atoms. The van der Waals surface area contributed by atoms with Crippen molar-refractivity contribution in [2.75, 3.05) is 12.8 Å². The van der Waals surface area contributed by atoms with Crippen molar-refractivity contribution in [1.82, 2.24) is 5.32 Å². The number of amides is 1. The fourth-order valence-electron chi connectivity index (χ4n) is 1.87. The third-order valence-corrected chi connectivity index (χ3v) is 2.93. The Kier molecular flexibility index (Phi) is 4.60. The van der Waals surface area contributed by atoms with E-state index in [4.69, 9.17) is 10.5 Å². The Morgan fingerprint density at radius 1 is 1.30 bits per heavy atom. The van der Waals surface area contributed by atoms with Crippen LogP contribution in [0, 0.1) is 0 Å². The zero-order valence-electron chi connectivity index (χ0n) is 11.4. The number of nitrogen functional groups attached to an aromatic ring is 1. The number of nitrogens with two attached hydrogens (primary N) is 1. The van der Waals surface area contributed by atoms with Crippen LogP contribution in [-0.4, -0.2) is 13.0 Å². The van der Waals surface area contributed by atoms with E-state index in [0.29, 0.717) is 29.2 Å². The van der Waals surface area contributed by atoms with Crippen LogP contribution < -0.4 is 15.8 Å². The zero-order valence-corrected chi connectivity index (χ0v) is 11.4. The van der Waals surface area contributed by atoms with Crippen LogP contribution in [-0.2, 0) is 4.79 Å². The molecule has 0 spiro atoms. The highest BCUT2D eigenvalue weighted by atomic mass is 16.5. The van der Waals surface area contributed by atoms with E-state index in [1.165, 1.54) is 0 Å². The second-order valence-electron chi connectivity index (χ2n) is 4.46. The van der Waals surface area contributed by atoms with Gasteiger partial charge in [0.05, 0.1) is 0 Å². The second kappa shape index (κ2) is 6.61. The van der Waals surface area contributed by atoms with E-state index in [0.717, 1.165) is 6.42 Å². The Morgan fingerprint density at radius 3 is 2.75 bits per heavy atom. The summed E-state index contributed by atoms with van der Waals surface area (Å²) in [6.07, 6.45) is 9.10. The predicted molar refractivity (Wildman–Crippen MR) is 80.1 cm³/mol. The van der Waals surface area contributed by atoms with Crippen molar-refractivity contribution >= 4 is 11.6 Å². The Labute approximate surface area is 118 Å². The largest absolute Gasteiger partial charge is 0.457 e. The van der Waals surface area contributed by atoms with E-state index in [1.807, 2.05) is 18.2 Å². The van der Waals surface area contributed by atoms with Crippen molar-refractivity contribution in [3.63, 3.8) is 0 Å². The van der Waals surface area contributed by atoms with Crippen molar-refractivity contribution in [1.29, 1.82) is 0 Å². The van der Waals surface area contributed by atoms with Gasteiger partial charge in [-0.15, -0.1) is 0 Å². The Bertz CT molecular complexity index is 569. The number of allylic oxidation sites excluding steroid dienone is 4. The highest BCUT2D eigenvalue weighted by Crippen LogP contribution is 2.20. The molecule has 104 valence electrons. The molecule has 0 saturated heterocycles. The molecular formula is C16H18N2O2. The molecule has 0 radical (unpaired) electrons. The van der Waals surface area contributed by atoms with Crippen LogP contribution in [0.4, 0.5) is 5.69 Å². The van der Waals surface area contributed by atoms with Crippen molar-refractivity contribution in [3.05, 3.63) is 59.9 Å². The molecule has 0 fully saturated rings. The first-order chi connectivity index (χ1) is 9.69. The fourth-order valence-corrected chi connectivity index (χ4v) is 1.87. The third kappa shape index (κ3) is 3.75. The van der Waals surface area contributed by atoms with Crippen LogP contribution in [0.3, 0.4) is 0 Å². The van der Waals surface area contributed by atoms with Crippen LogP contribution in [0.15, 0.2) is 59.9 Å². The highest BCUT2D eigenvalue weighted by Gasteiger charge is 2.10. The normalized spacial score (nSPS) is 14.7. The molecular weight excluding hydrogens is 252 g/mol. The van der Waals surface area contributed by atoms with Crippen LogP contribution in [0.2, 0.25) is 0 Å². The van der Waals surface area contributed by atoms with Crippen molar-refractivity contribution in [2.24, 2.45) is 0 Å². The fraction of sp³-hybridized carbons (Fsp3) is 0.188. The molecule has 1 aliphatic rings. The summed E-state index contributed by atoms with van der Waals surface area (Å²) in [5.74, 6) is 1.24. The molecule has 1 amide bonds. The summed E-state index contributed by atoms with van der Waals surface area (Å²) in [5.41, 5.74) is 7.03. The minimum atomic E-state index is -0.0768. The molecule has 1 aromatic carbocycles. The third-order valence-electron chi connectivity index (χ3n) is 2.93. The molecule has 0 saturated carbocycles. The molecule has 0 heterocycles. The topological polar surface area (TPSA) is 64.3 Å². The lowest BCUT2D eigenvalue weighted by Crippen LogP contribution is -2.20. The van der Waals surface area contributed by atoms with Crippen LogP contribution in [0.5, 0.6) is 5.75 Å². The number of ether oxygens (including phenoxy) is 1. The van der Waals surface area contributed by atoms with Gasteiger partial charge in [0.15, 0.2) is 0 Å². The van der Waals surface area contributed by atoms with Gasteiger partial charge < -0.3 is 15.8 Å². The average Bonchev–Trinajstić information content (AvgIpc) is 2.43. The number of likely N-dealkylation sites (N-methyl/N-ethyl adjacent to an activating group) is 1. The van der Waals surface area contributed by atoms with Crippen LogP contribution in [0.25, 0.3) is 0 Å². The number of hydrogen-bond acceptors (Lipinski definition) is 3. The highest BCUT2D eigenvalue weighted by molar-refractivity contribution is 5.93. The molecule has 0 atom stereocenters. The number of anilines is 1. The lowest BCUT2D eigenvalue weighted by atomic mass is 10.1. The first kappa shape index (κ1) is 13.9.